The monoisotopic (exact) mass is 1030 g/mol. The molecular formula is C46H79N11O13S. The number of nitrogens with one attached hydrogen (secondary N) is 4. The van der Waals surface area contributed by atoms with Crippen LogP contribution in [0, 0.1) is 11.8 Å². The third kappa shape index (κ3) is 18.4. The molecule has 1 aliphatic heterocycles. The van der Waals surface area contributed by atoms with Crippen LogP contribution < -0.4 is 21.3 Å². The number of rotatable bonds is 14. The van der Waals surface area contributed by atoms with Gasteiger partial charge in [0.1, 0.15) is 30.2 Å². The molecule has 1 saturated heterocycles. The Labute approximate surface area is 422 Å². The second kappa shape index (κ2) is 28.9. The van der Waals surface area contributed by atoms with Gasteiger partial charge in [0.25, 0.3) is 17.7 Å². The van der Waals surface area contributed by atoms with E-state index in [-0.39, 0.29) is 18.8 Å². The van der Waals surface area contributed by atoms with Crippen LogP contribution in [0.2, 0.25) is 0 Å². The lowest BCUT2D eigenvalue weighted by Gasteiger charge is -2.39. The predicted molar refractivity (Wildman–Crippen MR) is 265 cm³/mol. The average molecular weight is 1030 g/mol. The molecule has 0 aromatic carbocycles. The van der Waals surface area contributed by atoms with E-state index < -0.39 is 119 Å². The zero-order valence-electron chi connectivity index (χ0n) is 44.3. The average Bonchev–Trinajstić information content (AvgIpc) is 3.30. The third-order valence-corrected chi connectivity index (χ3v) is 13.2. The number of carbonyl (C=O) groups excluding carboxylic acids is 11. The van der Waals surface area contributed by atoms with Gasteiger partial charge in [-0.25, -0.2) is 33.8 Å². The summed E-state index contributed by atoms with van der Waals surface area (Å²) in [7, 11) is 9.84. The van der Waals surface area contributed by atoms with E-state index in [4.69, 9.17) is 4.74 Å². The molecule has 1 aliphatic rings. The second-order valence-electron chi connectivity index (χ2n) is 18.7. The molecule has 5 N–H and O–H groups in total. The molecule has 0 aliphatic carbocycles. The molecule has 0 saturated carbocycles. The minimum absolute atomic E-state index is 0.0270. The van der Waals surface area contributed by atoms with Crippen molar-refractivity contribution in [1.29, 1.82) is 0 Å². The summed E-state index contributed by atoms with van der Waals surface area (Å²) in [6.07, 6.45) is 5.11. The first-order valence-electron chi connectivity index (χ1n) is 23.5. The topological polar surface area (TPSA) is 288 Å². The largest absolute Gasteiger partial charge is 0.390 e. The Hall–Kier alpha value is -5.82. The van der Waals surface area contributed by atoms with Gasteiger partial charge >= 0.3 is 30.2 Å². The Morgan fingerprint density at radius 1 is 0.704 bits per heavy atom. The molecule has 0 bridgehead atoms. The Morgan fingerprint density at radius 2 is 1.28 bits per heavy atom. The Bertz CT molecular complexity index is 1960. The van der Waals surface area contributed by atoms with Gasteiger partial charge in [-0.1, -0.05) is 39.8 Å². The van der Waals surface area contributed by atoms with E-state index in [1.807, 2.05) is 36.6 Å². The minimum atomic E-state index is -1.63. The maximum Gasteiger partial charge on any atom is 0.334 e. The number of carbonyl (C=O) groups is 11. The van der Waals surface area contributed by atoms with Gasteiger partial charge in [0.15, 0.2) is 5.37 Å². The summed E-state index contributed by atoms with van der Waals surface area (Å²) >= 11 is 1.07. The van der Waals surface area contributed by atoms with Crippen molar-refractivity contribution in [2.24, 2.45) is 11.8 Å². The van der Waals surface area contributed by atoms with Crippen molar-refractivity contribution in [2.45, 2.75) is 135 Å². The molecule has 71 heavy (non-hydrogen) atoms. The second-order valence-corrected chi connectivity index (χ2v) is 19.9. The molecular weight excluding hydrogens is 947 g/mol. The number of hydrogen-bond acceptors (Lipinski definition) is 14. The number of urea groups is 5. The number of likely N-dealkylation sites (N-methyl/N-ethyl adjacent to an activating group) is 5. The maximum atomic E-state index is 14.7. The lowest BCUT2D eigenvalue weighted by Crippen LogP contribution is -2.61. The number of aliphatic hydroxyl groups is 1. The van der Waals surface area contributed by atoms with Crippen LogP contribution in [0.4, 0.5) is 24.0 Å². The summed E-state index contributed by atoms with van der Waals surface area (Å²) in [4.78, 5) is 158. The van der Waals surface area contributed by atoms with Crippen LogP contribution >= 0.6 is 11.8 Å². The molecule has 0 unspecified atom stereocenters. The Balaban J connectivity index is 4.10. The zero-order chi connectivity index (χ0) is 54.8. The van der Waals surface area contributed by atoms with Gasteiger partial charge in [0, 0.05) is 69.5 Å². The summed E-state index contributed by atoms with van der Waals surface area (Å²) in [5.74, 6) is -5.54. The molecule has 25 heteroatoms. The van der Waals surface area contributed by atoms with Gasteiger partial charge in [-0.05, 0) is 77.4 Å². The number of imide groups is 5. The fraction of sp³-hybridized carbons (Fsp3) is 0.717. The molecule has 0 radical (unpaired) electrons. The molecule has 402 valence electrons. The first-order chi connectivity index (χ1) is 32.9. The molecule has 1 heterocycles. The maximum absolute atomic E-state index is 14.7. The highest BCUT2D eigenvalue weighted by Crippen LogP contribution is 2.25. The van der Waals surface area contributed by atoms with Crippen LogP contribution in [-0.4, -0.2) is 215 Å². The van der Waals surface area contributed by atoms with Crippen LogP contribution in [0.15, 0.2) is 12.2 Å². The van der Waals surface area contributed by atoms with Crippen molar-refractivity contribution in [3.05, 3.63) is 12.2 Å². The van der Waals surface area contributed by atoms with Gasteiger partial charge in [0.05, 0.1) is 5.60 Å². The molecule has 1 fully saturated rings. The van der Waals surface area contributed by atoms with E-state index in [1.165, 1.54) is 61.0 Å². The number of hydrogen-bond donors (Lipinski definition) is 5. The first-order valence-corrected chi connectivity index (χ1v) is 24.5. The standard InChI is InChI=1S/C46H79N11O13S/c1-17-19-22-28(5)25-31-34(58)48-30(18-2)37(61)54(12)40(71-24-21-20-23-70-16)39(63)52(10)32(26-46(7,8)69)35(59)49-42(65)56(14)43(66)50-41(64)47-29(6)36(60)55(13)45(68)57(15)44(67)53(11)33(27(3)4)38(62)51(31)9/h17,19,27-33,40,69H,18,20-26H2,1-16H3,(H,48,58)(H,49,59,65)(H2,47,50,64,66)/b19-17+/t28-,29-,30+,31+,32+,33+,40-/m1/s1. The summed E-state index contributed by atoms with van der Waals surface area (Å²) in [5.41, 5.74) is -1.63. The molecule has 0 aromatic heterocycles. The van der Waals surface area contributed by atoms with Crippen molar-refractivity contribution in [3.8, 4) is 0 Å². The SMILES string of the molecule is C/C=C/C[C@@H](C)C[C@H]1C(=O)N[C@@H](CC)C(=O)N(C)[C@H](SCCCCOC)C(=O)N(C)[C@@H](CC(C)(C)O)C(=O)NC(=O)N(C)C(=O)NC(=O)N[C@H](C)C(=O)N(C)C(=O)N(C)C(=O)N(C)[C@@H](C(C)C)C(=O)N1C. The first kappa shape index (κ1) is 63.2. The highest BCUT2D eigenvalue weighted by molar-refractivity contribution is 8.00. The van der Waals surface area contributed by atoms with Gasteiger partial charge < -0.3 is 40.1 Å². The molecule has 7 atom stereocenters. The Kier molecular flexibility index (Phi) is 25.7. The van der Waals surface area contributed by atoms with Gasteiger partial charge in [-0.2, -0.15) is 0 Å². The summed E-state index contributed by atoms with van der Waals surface area (Å²) in [5, 5.41) is 18.4. The lowest BCUT2D eigenvalue weighted by atomic mass is 9.94. The predicted octanol–water partition coefficient (Wildman–Crippen LogP) is 2.21. The van der Waals surface area contributed by atoms with E-state index in [9.17, 15) is 57.8 Å². The van der Waals surface area contributed by atoms with Crippen molar-refractivity contribution < 1.29 is 62.6 Å². The number of allylic oxidation sites excluding steroid dienone is 2. The van der Waals surface area contributed by atoms with Gasteiger partial charge in [0.2, 0.25) is 17.7 Å². The van der Waals surface area contributed by atoms with Crippen molar-refractivity contribution >= 4 is 77.4 Å². The van der Waals surface area contributed by atoms with Crippen molar-refractivity contribution in [1.82, 2.24) is 55.6 Å². The highest BCUT2D eigenvalue weighted by Gasteiger charge is 2.43. The highest BCUT2D eigenvalue weighted by atomic mass is 32.2. The van der Waals surface area contributed by atoms with Crippen LogP contribution in [0.5, 0.6) is 0 Å². The molecule has 0 spiro atoms. The minimum Gasteiger partial charge on any atom is -0.390 e. The van der Waals surface area contributed by atoms with E-state index in [0.717, 1.165) is 47.6 Å². The zero-order valence-corrected chi connectivity index (χ0v) is 45.1. The molecule has 1 rings (SSSR count). The van der Waals surface area contributed by atoms with E-state index in [0.29, 0.717) is 46.3 Å². The molecule has 24 nitrogen and oxygen atoms in total. The lowest BCUT2D eigenvalue weighted by molar-refractivity contribution is -0.147. The smallest absolute Gasteiger partial charge is 0.334 e. The van der Waals surface area contributed by atoms with Crippen molar-refractivity contribution in [3.63, 3.8) is 0 Å². The number of methoxy groups -OCH3 is 1. The summed E-state index contributed by atoms with van der Waals surface area (Å²) in [6.45, 7) is 13.0. The number of unbranched alkanes of at least 4 members (excludes halogenated alkanes) is 1. The van der Waals surface area contributed by atoms with E-state index in [1.54, 1.807) is 20.8 Å². The normalized spacial score (nSPS) is 24.1. The van der Waals surface area contributed by atoms with Gasteiger partial charge in [-0.3, -0.25) is 44.3 Å². The van der Waals surface area contributed by atoms with E-state index >= 15 is 0 Å². The van der Waals surface area contributed by atoms with Crippen LogP contribution in [0.25, 0.3) is 0 Å². The summed E-state index contributed by atoms with van der Waals surface area (Å²) in [6, 6.07) is -13.0. The van der Waals surface area contributed by atoms with Crippen LogP contribution in [0.3, 0.4) is 0 Å². The number of ether oxygens (including phenoxy) is 1. The summed E-state index contributed by atoms with van der Waals surface area (Å²) < 4.78 is 5.17. The third-order valence-electron chi connectivity index (χ3n) is 11.9. The van der Waals surface area contributed by atoms with Crippen LogP contribution in [-0.2, 0) is 33.5 Å². The number of nitrogens with zero attached hydrogens (tertiary/aromatic N) is 7. The Morgan fingerprint density at radius 3 is 1.82 bits per heavy atom. The molecule has 0 aromatic rings. The number of thioether (sulfide) groups is 1. The van der Waals surface area contributed by atoms with Gasteiger partial charge in [-0.15, -0.1) is 11.8 Å². The molecule has 16 amide bonds. The van der Waals surface area contributed by atoms with Crippen LogP contribution in [0.1, 0.15) is 93.9 Å². The fourth-order valence-electron chi connectivity index (χ4n) is 7.50. The fourth-order valence-corrected chi connectivity index (χ4v) is 8.73. The number of amides is 16. The van der Waals surface area contributed by atoms with Crippen molar-refractivity contribution in [2.75, 3.05) is 68.8 Å². The quantitative estimate of drug-likeness (QED) is 0.123. The van der Waals surface area contributed by atoms with E-state index in [2.05, 4.69) is 10.6 Å².